The molecule has 0 fully saturated rings. The van der Waals surface area contributed by atoms with E-state index in [9.17, 15) is 9.59 Å². The molecule has 0 bridgehead atoms. The van der Waals surface area contributed by atoms with Crippen LogP contribution in [-0.4, -0.2) is 21.7 Å². The fourth-order valence-electron chi connectivity index (χ4n) is 5.53. The maximum Gasteiger partial charge on any atom is 0.338 e. The number of esters is 1. The van der Waals surface area contributed by atoms with Gasteiger partial charge in [0, 0.05) is 29.2 Å². The third-order valence-electron chi connectivity index (χ3n) is 7.45. The van der Waals surface area contributed by atoms with E-state index in [0.29, 0.717) is 20.6 Å². The summed E-state index contributed by atoms with van der Waals surface area (Å²) < 4.78 is 9.85. The van der Waals surface area contributed by atoms with Crippen molar-refractivity contribution in [3.05, 3.63) is 138 Å². The van der Waals surface area contributed by atoms with Crippen molar-refractivity contribution in [2.45, 2.75) is 40.3 Å². The molecule has 1 aliphatic rings. The smallest absolute Gasteiger partial charge is 0.338 e. The van der Waals surface area contributed by atoms with Crippen LogP contribution in [0.2, 0.25) is 0 Å². The molecule has 0 N–H and O–H groups in total. The minimum Gasteiger partial charge on any atom is -0.463 e. The second-order valence-corrected chi connectivity index (χ2v) is 11.4. The second kappa shape index (κ2) is 10.8. The Morgan fingerprint density at radius 2 is 1.78 bits per heavy atom. The topological polar surface area (TPSA) is 65.6 Å². The van der Waals surface area contributed by atoms with Crippen LogP contribution < -0.4 is 14.9 Å². The zero-order valence-electron chi connectivity index (χ0n) is 23.5. The summed E-state index contributed by atoms with van der Waals surface area (Å²) >= 11 is 1.35. The quantitative estimate of drug-likeness (QED) is 0.260. The van der Waals surface area contributed by atoms with Crippen LogP contribution in [-0.2, 0) is 16.1 Å². The van der Waals surface area contributed by atoms with Gasteiger partial charge in [-0.05, 0) is 51.0 Å². The maximum absolute atomic E-state index is 14.1. The van der Waals surface area contributed by atoms with E-state index in [2.05, 4.69) is 54.1 Å². The zero-order chi connectivity index (χ0) is 28.7. The van der Waals surface area contributed by atoms with Crippen molar-refractivity contribution < 1.29 is 9.53 Å². The number of thiazole rings is 1. The molecule has 206 valence electrons. The standard InChI is InChI=1S/C34H31N3O3S/c1-5-40-33(39)30-23(4)35-34-37(31(30)25-15-13-21(2)14-16-25)32(38)29(41-34)18-26-20-36(28-12-7-6-11-27(26)28)19-24-10-8-9-22(3)17-24/h6-18,20,31H,5,19H2,1-4H3/b29-18+/t31-/m0/s1. The average Bonchev–Trinajstić information content (AvgIpc) is 3.45. The first-order valence-electron chi connectivity index (χ1n) is 13.7. The Morgan fingerprint density at radius 1 is 1.00 bits per heavy atom. The van der Waals surface area contributed by atoms with Crippen LogP contribution in [0.1, 0.15) is 47.7 Å². The van der Waals surface area contributed by atoms with Gasteiger partial charge in [0.25, 0.3) is 5.56 Å². The Morgan fingerprint density at radius 3 is 2.54 bits per heavy atom. The number of para-hydroxylation sites is 1. The average molecular weight is 562 g/mol. The van der Waals surface area contributed by atoms with Gasteiger partial charge in [0.1, 0.15) is 0 Å². The Balaban J connectivity index is 1.51. The van der Waals surface area contributed by atoms with Gasteiger partial charge in [-0.15, -0.1) is 0 Å². The van der Waals surface area contributed by atoms with Crippen molar-refractivity contribution in [2.24, 2.45) is 4.99 Å². The molecule has 0 saturated heterocycles. The number of aromatic nitrogens is 2. The van der Waals surface area contributed by atoms with Gasteiger partial charge in [-0.1, -0.05) is 89.2 Å². The molecule has 1 aliphatic heterocycles. The van der Waals surface area contributed by atoms with Crippen molar-refractivity contribution in [1.82, 2.24) is 9.13 Å². The molecule has 3 heterocycles. The molecule has 3 aromatic carbocycles. The predicted octanol–water partition coefficient (Wildman–Crippen LogP) is 5.42. The van der Waals surface area contributed by atoms with Gasteiger partial charge >= 0.3 is 5.97 Å². The molecular formula is C34H31N3O3S. The lowest BCUT2D eigenvalue weighted by molar-refractivity contribution is -0.139. The number of nitrogens with zero attached hydrogens (tertiary/aromatic N) is 3. The van der Waals surface area contributed by atoms with Crippen LogP contribution in [0.15, 0.2) is 100 Å². The van der Waals surface area contributed by atoms with Gasteiger partial charge in [-0.2, -0.15) is 0 Å². The third kappa shape index (κ3) is 4.98. The van der Waals surface area contributed by atoms with Gasteiger partial charge < -0.3 is 9.30 Å². The maximum atomic E-state index is 14.1. The number of carbonyl (C=O) groups excluding carboxylic acids is 1. The summed E-state index contributed by atoms with van der Waals surface area (Å²) in [6.45, 7) is 8.67. The SMILES string of the molecule is CCOC(=O)C1=C(C)N=c2s/c(=C/c3cn(Cc4cccc(C)c4)c4ccccc34)c(=O)n2[C@H]1c1ccc(C)cc1. The number of rotatable bonds is 6. The molecular weight excluding hydrogens is 530 g/mol. The lowest BCUT2D eigenvalue weighted by atomic mass is 9.95. The van der Waals surface area contributed by atoms with Crippen LogP contribution in [0, 0.1) is 13.8 Å². The van der Waals surface area contributed by atoms with Gasteiger partial charge in [0.2, 0.25) is 0 Å². The number of allylic oxidation sites excluding steroid dienone is 1. The van der Waals surface area contributed by atoms with Crippen molar-refractivity contribution >= 4 is 34.3 Å². The molecule has 0 unspecified atom stereocenters. The van der Waals surface area contributed by atoms with E-state index in [4.69, 9.17) is 9.73 Å². The van der Waals surface area contributed by atoms with E-state index >= 15 is 0 Å². The summed E-state index contributed by atoms with van der Waals surface area (Å²) in [7, 11) is 0. The Labute approximate surface area is 242 Å². The molecule has 0 spiro atoms. The van der Waals surface area contributed by atoms with Crippen molar-refractivity contribution in [1.29, 1.82) is 0 Å². The molecule has 0 amide bonds. The van der Waals surface area contributed by atoms with E-state index in [1.165, 1.54) is 22.5 Å². The monoisotopic (exact) mass is 561 g/mol. The molecule has 7 heteroatoms. The van der Waals surface area contributed by atoms with Crippen LogP contribution in [0.4, 0.5) is 0 Å². The third-order valence-corrected chi connectivity index (χ3v) is 8.43. The number of carbonyl (C=O) groups is 1. The van der Waals surface area contributed by atoms with Crippen LogP contribution in [0.5, 0.6) is 0 Å². The lowest BCUT2D eigenvalue weighted by Gasteiger charge is -2.24. The van der Waals surface area contributed by atoms with E-state index in [0.717, 1.165) is 34.1 Å². The Hall–Kier alpha value is -4.49. The highest BCUT2D eigenvalue weighted by molar-refractivity contribution is 7.07. The fourth-order valence-corrected chi connectivity index (χ4v) is 6.56. The predicted molar refractivity (Wildman–Crippen MR) is 164 cm³/mol. The Bertz CT molecular complexity index is 2010. The molecule has 0 saturated carbocycles. The number of benzene rings is 3. The molecule has 6 rings (SSSR count). The summed E-state index contributed by atoms with van der Waals surface area (Å²) in [6.07, 6.45) is 4.06. The minimum atomic E-state index is -0.615. The minimum absolute atomic E-state index is 0.177. The molecule has 2 aromatic heterocycles. The highest BCUT2D eigenvalue weighted by Gasteiger charge is 2.33. The summed E-state index contributed by atoms with van der Waals surface area (Å²) in [6, 6.07) is 24.1. The van der Waals surface area contributed by atoms with E-state index in [1.807, 2.05) is 56.3 Å². The number of ether oxygens (including phenoxy) is 1. The van der Waals surface area contributed by atoms with Gasteiger partial charge in [0.15, 0.2) is 4.80 Å². The highest BCUT2D eigenvalue weighted by Crippen LogP contribution is 2.31. The summed E-state index contributed by atoms with van der Waals surface area (Å²) in [5.41, 5.74) is 7.23. The van der Waals surface area contributed by atoms with E-state index in [-0.39, 0.29) is 12.2 Å². The molecule has 6 nitrogen and oxygen atoms in total. The first-order chi connectivity index (χ1) is 19.8. The fraction of sp³-hybridized carbons (Fsp3) is 0.206. The number of hydrogen-bond donors (Lipinski definition) is 0. The van der Waals surface area contributed by atoms with E-state index < -0.39 is 12.0 Å². The van der Waals surface area contributed by atoms with Crippen LogP contribution >= 0.6 is 11.3 Å². The summed E-state index contributed by atoms with van der Waals surface area (Å²) in [5.74, 6) is -0.451. The number of hydrogen-bond acceptors (Lipinski definition) is 5. The van der Waals surface area contributed by atoms with Crippen LogP contribution in [0.3, 0.4) is 0 Å². The summed E-state index contributed by atoms with van der Waals surface area (Å²) in [4.78, 5) is 32.5. The molecule has 0 aliphatic carbocycles. The molecule has 1 atom stereocenters. The second-order valence-electron chi connectivity index (χ2n) is 10.4. The largest absolute Gasteiger partial charge is 0.463 e. The van der Waals surface area contributed by atoms with Gasteiger partial charge in [-0.3, -0.25) is 9.36 Å². The van der Waals surface area contributed by atoms with Crippen molar-refractivity contribution in [3.8, 4) is 0 Å². The van der Waals surface area contributed by atoms with Gasteiger partial charge in [-0.25, -0.2) is 9.79 Å². The van der Waals surface area contributed by atoms with Crippen molar-refractivity contribution in [2.75, 3.05) is 6.61 Å². The van der Waals surface area contributed by atoms with Gasteiger partial charge in [0.05, 0.1) is 28.5 Å². The van der Waals surface area contributed by atoms with Crippen LogP contribution in [0.25, 0.3) is 17.0 Å². The number of aryl methyl sites for hydroxylation is 2. The lowest BCUT2D eigenvalue weighted by Crippen LogP contribution is -2.39. The molecule has 41 heavy (non-hydrogen) atoms. The first-order valence-corrected chi connectivity index (χ1v) is 14.6. The van der Waals surface area contributed by atoms with Crippen molar-refractivity contribution in [3.63, 3.8) is 0 Å². The first kappa shape index (κ1) is 26.7. The molecule has 0 radical (unpaired) electrons. The van der Waals surface area contributed by atoms with E-state index in [1.54, 1.807) is 11.5 Å². The highest BCUT2D eigenvalue weighted by atomic mass is 32.1. The Kier molecular flexibility index (Phi) is 7.05. The normalized spacial score (nSPS) is 15.2. The molecule has 5 aromatic rings. The zero-order valence-corrected chi connectivity index (χ0v) is 24.4. The number of fused-ring (bicyclic) bond motifs is 2. The summed E-state index contributed by atoms with van der Waals surface area (Å²) in [5, 5.41) is 1.07.